The second-order valence-electron chi connectivity index (χ2n) is 3.72. The monoisotopic (exact) mass is 263 g/mol. The second kappa shape index (κ2) is 5.16. The van der Waals surface area contributed by atoms with Gasteiger partial charge in [-0.1, -0.05) is 30.3 Å². The van der Waals surface area contributed by atoms with Gasteiger partial charge in [0.1, 0.15) is 4.90 Å². The van der Waals surface area contributed by atoms with Gasteiger partial charge in [-0.15, -0.1) is 0 Å². The van der Waals surface area contributed by atoms with Gasteiger partial charge in [0, 0.05) is 12.7 Å². The number of aromatic nitrogens is 1. The molecule has 0 radical (unpaired) electrons. The lowest BCUT2D eigenvalue weighted by Gasteiger charge is -2.08. The standard InChI is InChI=1S/C12H13N3O2S/c13-11-9-14-7-6-12(11)18(16,17)15-8-10-4-2-1-3-5-10/h1-7,9,15H,8,13H2. The number of pyridine rings is 1. The molecule has 0 spiro atoms. The minimum Gasteiger partial charge on any atom is -0.396 e. The second-order valence-corrected chi connectivity index (χ2v) is 5.46. The topological polar surface area (TPSA) is 85.1 Å². The van der Waals surface area contributed by atoms with E-state index in [2.05, 4.69) is 9.71 Å². The molecule has 0 amide bonds. The number of nitrogens with one attached hydrogen (secondary N) is 1. The van der Waals surface area contributed by atoms with Crippen molar-refractivity contribution >= 4 is 15.7 Å². The molecule has 1 heterocycles. The maximum atomic E-state index is 12.0. The lowest BCUT2D eigenvalue weighted by atomic mass is 10.2. The van der Waals surface area contributed by atoms with Crippen molar-refractivity contribution in [2.45, 2.75) is 11.4 Å². The van der Waals surface area contributed by atoms with Crippen molar-refractivity contribution < 1.29 is 8.42 Å². The molecule has 0 saturated carbocycles. The third-order valence-corrected chi connectivity index (χ3v) is 3.88. The van der Waals surface area contributed by atoms with Crippen LogP contribution in [0.5, 0.6) is 0 Å². The van der Waals surface area contributed by atoms with E-state index in [0.717, 1.165) is 5.56 Å². The number of nitrogen functional groups attached to an aromatic ring is 1. The lowest BCUT2D eigenvalue weighted by molar-refractivity contribution is 0.581. The van der Waals surface area contributed by atoms with Crippen LogP contribution in [0.4, 0.5) is 5.69 Å². The molecule has 0 bridgehead atoms. The summed E-state index contributed by atoms with van der Waals surface area (Å²) in [6.07, 6.45) is 2.71. The summed E-state index contributed by atoms with van der Waals surface area (Å²) in [4.78, 5) is 3.81. The van der Waals surface area contributed by atoms with Crippen molar-refractivity contribution in [3.05, 3.63) is 54.4 Å². The van der Waals surface area contributed by atoms with E-state index in [4.69, 9.17) is 5.73 Å². The molecule has 18 heavy (non-hydrogen) atoms. The van der Waals surface area contributed by atoms with Crippen molar-refractivity contribution in [1.29, 1.82) is 0 Å². The van der Waals surface area contributed by atoms with E-state index in [1.54, 1.807) is 0 Å². The van der Waals surface area contributed by atoms with Gasteiger partial charge in [-0.25, -0.2) is 13.1 Å². The van der Waals surface area contributed by atoms with E-state index in [1.165, 1.54) is 18.5 Å². The van der Waals surface area contributed by atoms with Crippen LogP contribution in [0.1, 0.15) is 5.56 Å². The number of nitrogens with zero attached hydrogens (tertiary/aromatic N) is 1. The van der Waals surface area contributed by atoms with Crippen LogP contribution in [0.2, 0.25) is 0 Å². The predicted molar refractivity (Wildman–Crippen MR) is 69.1 cm³/mol. The first-order valence-electron chi connectivity index (χ1n) is 5.33. The Morgan fingerprint density at radius 3 is 2.56 bits per heavy atom. The highest BCUT2D eigenvalue weighted by atomic mass is 32.2. The van der Waals surface area contributed by atoms with Crippen molar-refractivity contribution in [3.8, 4) is 0 Å². The summed E-state index contributed by atoms with van der Waals surface area (Å²) in [6, 6.07) is 10.6. The summed E-state index contributed by atoms with van der Waals surface area (Å²) < 4.78 is 26.5. The zero-order valence-corrected chi connectivity index (χ0v) is 10.4. The Kier molecular flexibility index (Phi) is 3.59. The first kappa shape index (κ1) is 12.5. The number of hydrogen-bond acceptors (Lipinski definition) is 4. The highest BCUT2D eigenvalue weighted by Gasteiger charge is 2.16. The number of benzene rings is 1. The molecular formula is C12H13N3O2S. The molecule has 1 aromatic heterocycles. The molecule has 0 aliphatic heterocycles. The van der Waals surface area contributed by atoms with Gasteiger partial charge in [-0.2, -0.15) is 0 Å². The number of sulfonamides is 1. The SMILES string of the molecule is Nc1cnccc1S(=O)(=O)NCc1ccccc1. The number of anilines is 1. The first-order chi connectivity index (χ1) is 8.59. The van der Waals surface area contributed by atoms with Crippen LogP contribution < -0.4 is 10.5 Å². The van der Waals surface area contributed by atoms with Crippen molar-refractivity contribution in [1.82, 2.24) is 9.71 Å². The molecule has 0 saturated heterocycles. The molecule has 0 aliphatic rings. The molecule has 0 unspecified atom stereocenters. The Hall–Kier alpha value is -1.92. The lowest BCUT2D eigenvalue weighted by Crippen LogP contribution is -2.24. The molecule has 1 aromatic carbocycles. The predicted octanol–water partition coefficient (Wildman–Crippen LogP) is 1.14. The van der Waals surface area contributed by atoms with Gasteiger partial charge in [-0.05, 0) is 11.6 Å². The third-order valence-electron chi connectivity index (χ3n) is 2.41. The molecule has 6 heteroatoms. The van der Waals surface area contributed by atoms with Crippen LogP contribution in [0, 0.1) is 0 Å². The average Bonchev–Trinajstić information content (AvgIpc) is 2.38. The molecule has 0 atom stereocenters. The van der Waals surface area contributed by atoms with Crippen molar-refractivity contribution in [2.75, 3.05) is 5.73 Å². The van der Waals surface area contributed by atoms with Gasteiger partial charge in [-0.3, -0.25) is 4.98 Å². The van der Waals surface area contributed by atoms with Crippen molar-refractivity contribution in [3.63, 3.8) is 0 Å². The quantitative estimate of drug-likeness (QED) is 0.866. The minimum atomic E-state index is -3.60. The molecule has 0 fully saturated rings. The normalized spacial score (nSPS) is 11.3. The van der Waals surface area contributed by atoms with Crippen LogP contribution in [0.3, 0.4) is 0 Å². The van der Waals surface area contributed by atoms with E-state index in [0.29, 0.717) is 0 Å². The maximum Gasteiger partial charge on any atom is 0.243 e. The van der Waals surface area contributed by atoms with E-state index < -0.39 is 10.0 Å². The average molecular weight is 263 g/mol. The minimum absolute atomic E-state index is 0.0495. The fourth-order valence-corrected chi connectivity index (χ4v) is 2.61. The van der Waals surface area contributed by atoms with Gasteiger partial charge in [0.25, 0.3) is 0 Å². The molecule has 3 N–H and O–H groups in total. The summed E-state index contributed by atoms with van der Waals surface area (Å²) in [6.45, 7) is 0.227. The highest BCUT2D eigenvalue weighted by molar-refractivity contribution is 7.89. The highest BCUT2D eigenvalue weighted by Crippen LogP contribution is 2.15. The van der Waals surface area contributed by atoms with Gasteiger partial charge < -0.3 is 5.73 Å². The summed E-state index contributed by atoms with van der Waals surface area (Å²) in [5, 5.41) is 0. The molecule has 2 rings (SSSR count). The van der Waals surface area contributed by atoms with Crippen LogP contribution in [-0.4, -0.2) is 13.4 Å². The van der Waals surface area contributed by atoms with Gasteiger partial charge in [0.05, 0.1) is 11.9 Å². The van der Waals surface area contributed by atoms with Crippen LogP contribution in [0.15, 0.2) is 53.7 Å². The molecule has 0 aliphatic carbocycles. The Morgan fingerprint density at radius 1 is 1.17 bits per heavy atom. The Balaban J connectivity index is 2.16. The molecule has 2 aromatic rings. The van der Waals surface area contributed by atoms with E-state index in [1.807, 2.05) is 30.3 Å². The van der Waals surface area contributed by atoms with Gasteiger partial charge in [0.2, 0.25) is 10.0 Å². The summed E-state index contributed by atoms with van der Waals surface area (Å²) in [7, 11) is -3.60. The summed E-state index contributed by atoms with van der Waals surface area (Å²) in [5.41, 5.74) is 6.61. The number of rotatable bonds is 4. The number of nitrogens with two attached hydrogens (primary N) is 1. The zero-order chi connectivity index (χ0) is 13.0. The van der Waals surface area contributed by atoms with Crippen molar-refractivity contribution in [2.24, 2.45) is 0 Å². The largest absolute Gasteiger partial charge is 0.396 e. The van der Waals surface area contributed by atoms with Crippen LogP contribution in [-0.2, 0) is 16.6 Å². The third kappa shape index (κ3) is 2.85. The van der Waals surface area contributed by atoms with Gasteiger partial charge in [0.15, 0.2) is 0 Å². The Morgan fingerprint density at radius 2 is 1.89 bits per heavy atom. The van der Waals surface area contributed by atoms with E-state index >= 15 is 0 Å². The molecule has 5 nitrogen and oxygen atoms in total. The smallest absolute Gasteiger partial charge is 0.243 e. The Bertz CT molecular complexity index is 627. The van der Waals surface area contributed by atoms with E-state index in [-0.39, 0.29) is 17.1 Å². The van der Waals surface area contributed by atoms with Crippen LogP contribution in [0.25, 0.3) is 0 Å². The summed E-state index contributed by atoms with van der Waals surface area (Å²) >= 11 is 0. The molecular weight excluding hydrogens is 250 g/mol. The van der Waals surface area contributed by atoms with Gasteiger partial charge >= 0.3 is 0 Å². The maximum absolute atomic E-state index is 12.0. The Labute approximate surface area is 106 Å². The fourth-order valence-electron chi connectivity index (χ4n) is 1.49. The molecule has 94 valence electrons. The van der Waals surface area contributed by atoms with Crippen LogP contribution >= 0.6 is 0 Å². The summed E-state index contributed by atoms with van der Waals surface area (Å²) in [5.74, 6) is 0. The van der Waals surface area contributed by atoms with E-state index in [9.17, 15) is 8.42 Å². The first-order valence-corrected chi connectivity index (χ1v) is 6.81. The number of hydrogen-bond donors (Lipinski definition) is 2. The zero-order valence-electron chi connectivity index (χ0n) is 9.58. The fraction of sp³-hybridized carbons (Fsp3) is 0.0833.